The molecule has 0 aromatic heterocycles. The first-order valence-electron chi connectivity index (χ1n) is 4.48. The van der Waals surface area contributed by atoms with Crippen molar-refractivity contribution < 1.29 is 0 Å². The lowest BCUT2D eigenvalue weighted by molar-refractivity contribution is 0.430. The summed E-state index contributed by atoms with van der Waals surface area (Å²) in [7, 11) is 1.93. The van der Waals surface area contributed by atoms with E-state index >= 15 is 0 Å². The predicted molar refractivity (Wildman–Crippen MR) is 50.2 cm³/mol. The fourth-order valence-electron chi connectivity index (χ4n) is 1.37. The molecule has 1 fully saturated rings. The molecule has 64 valence electrons. The minimum Gasteiger partial charge on any atom is -0.297 e. The molecule has 0 aliphatic heterocycles. The number of nitrogens with zero attached hydrogens (tertiary/aromatic N) is 1. The van der Waals surface area contributed by atoms with E-state index in [1.165, 1.54) is 25.0 Å². The van der Waals surface area contributed by atoms with Gasteiger partial charge in [0.25, 0.3) is 0 Å². The van der Waals surface area contributed by atoms with Crippen molar-refractivity contribution in [2.75, 3.05) is 7.05 Å². The van der Waals surface area contributed by atoms with Crippen LogP contribution in [0.3, 0.4) is 0 Å². The summed E-state index contributed by atoms with van der Waals surface area (Å²) in [6.45, 7) is 6.84. The summed E-state index contributed by atoms with van der Waals surface area (Å²) >= 11 is 0. The molecule has 0 heterocycles. The van der Waals surface area contributed by atoms with E-state index in [2.05, 4.69) is 25.8 Å². The second kappa shape index (κ2) is 2.96. The van der Waals surface area contributed by atoms with Crippen LogP contribution in [0.25, 0.3) is 0 Å². The van der Waals surface area contributed by atoms with Gasteiger partial charge in [0, 0.05) is 12.8 Å². The van der Waals surface area contributed by atoms with Crippen LogP contribution in [0.4, 0.5) is 0 Å². The smallest absolute Gasteiger partial charge is 0.0276 e. The lowest BCUT2D eigenvalue weighted by Crippen LogP contribution is -2.14. The van der Waals surface area contributed by atoms with Crippen LogP contribution in [-0.2, 0) is 0 Å². The highest BCUT2D eigenvalue weighted by Crippen LogP contribution is 2.35. The van der Waals surface area contributed by atoms with Gasteiger partial charge in [-0.3, -0.25) is 4.99 Å². The Morgan fingerprint density at radius 2 is 1.91 bits per heavy atom. The van der Waals surface area contributed by atoms with Crippen LogP contribution in [0, 0.1) is 11.3 Å². The van der Waals surface area contributed by atoms with Crippen LogP contribution in [0.5, 0.6) is 0 Å². The zero-order chi connectivity index (χ0) is 8.48. The van der Waals surface area contributed by atoms with E-state index in [1.54, 1.807) is 0 Å². The summed E-state index contributed by atoms with van der Waals surface area (Å²) in [4.78, 5) is 4.35. The molecule has 0 aromatic rings. The highest BCUT2D eigenvalue weighted by molar-refractivity contribution is 5.89. The molecule has 0 atom stereocenters. The zero-order valence-corrected chi connectivity index (χ0v) is 8.15. The molecule has 11 heavy (non-hydrogen) atoms. The maximum Gasteiger partial charge on any atom is 0.0276 e. The Bertz CT molecular complexity index is 158. The number of rotatable bonds is 2. The molecule has 0 spiro atoms. The van der Waals surface area contributed by atoms with Crippen molar-refractivity contribution in [2.45, 2.75) is 40.0 Å². The second-order valence-electron chi connectivity index (χ2n) is 4.73. The van der Waals surface area contributed by atoms with Gasteiger partial charge in [0.2, 0.25) is 0 Å². The van der Waals surface area contributed by atoms with E-state index in [9.17, 15) is 0 Å². The average Bonchev–Trinajstić information content (AvgIpc) is 2.61. The first-order valence-corrected chi connectivity index (χ1v) is 4.48. The third kappa shape index (κ3) is 3.04. The summed E-state index contributed by atoms with van der Waals surface area (Å²) in [5, 5.41) is 0. The molecular formula is C10H19N. The monoisotopic (exact) mass is 153 g/mol. The minimum absolute atomic E-state index is 0.414. The molecule has 0 N–H and O–H groups in total. The summed E-state index contributed by atoms with van der Waals surface area (Å²) in [5.74, 6) is 0.847. The molecule has 0 bridgehead atoms. The van der Waals surface area contributed by atoms with Crippen molar-refractivity contribution in [1.29, 1.82) is 0 Å². The van der Waals surface area contributed by atoms with E-state index in [1.807, 2.05) is 7.05 Å². The van der Waals surface area contributed by atoms with E-state index < -0.39 is 0 Å². The molecule has 1 aliphatic carbocycles. The molecule has 0 amide bonds. The summed E-state index contributed by atoms with van der Waals surface area (Å²) in [5.41, 5.74) is 1.86. The van der Waals surface area contributed by atoms with Crippen molar-refractivity contribution in [1.82, 2.24) is 0 Å². The molecule has 1 saturated carbocycles. The quantitative estimate of drug-likeness (QED) is 0.541. The molecule has 0 saturated heterocycles. The van der Waals surface area contributed by atoms with Gasteiger partial charge in [0.1, 0.15) is 0 Å². The van der Waals surface area contributed by atoms with Gasteiger partial charge in [0.15, 0.2) is 0 Å². The molecule has 0 unspecified atom stereocenters. The topological polar surface area (TPSA) is 12.4 Å². The Morgan fingerprint density at radius 3 is 2.18 bits per heavy atom. The van der Waals surface area contributed by atoms with E-state index in [4.69, 9.17) is 0 Å². The van der Waals surface area contributed by atoms with Crippen molar-refractivity contribution in [3.8, 4) is 0 Å². The van der Waals surface area contributed by atoms with Gasteiger partial charge in [-0.15, -0.1) is 0 Å². The standard InChI is InChI=1S/C10H19N/c1-10(2,3)7-9(11-4)8-5-6-8/h8H,5-7H2,1-4H3/b11-9-. The Labute approximate surface area is 69.9 Å². The number of hydrogen-bond donors (Lipinski definition) is 0. The second-order valence-corrected chi connectivity index (χ2v) is 4.73. The summed E-state index contributed by atoms with van der Waals surface area (Å²) in [6, 6.07) is 0. The van der Waals surface area contributed by atoms with Gasteiger partial charge in [0.05, 0.1) is 0 Å². The van der Waals surface area contributed by atoms with E-state index in [-0.39, 0.29) is 0 Å². The highest BCUT2D eigenvalue weighted by atomic mass is 14.7. The Kier molecular flexibility index (Phi) is 2.36. The number of hydrogen-bond acceptors (Lipinski definition) is 1. The lowest BCUT2D eigenvalue weighted by atomic mass is 9.88. The lowest BCUT2D eigenvalue weighted by Gasteiger charge is -2.18. The van der Waals surface area contributed by atoms with Crippen molar-refractivity contribution in [3.05, 3.63) is 0 Å². The summed E-state index contributed by atoms with van der Waals surface area (Å²) in [6.07, 6.45) is 3.93. The Hall–Kier alpha value is -0.330. The SMILES string of the molecule is C/N=C(/CC(C)(C)C)C1CC1. The average molecular weight is 153 g/mol. The van der Waals surface area contributed by atoms with Gasteiger partial charge < -0.3 is 0 Å². The van der Waals surface area contributed by atoms with Crippen LogP contribution in [0.15, 0.2) is 4.99 Å². The normalized spacial score (nSPS) is 20.5. The first kappa shape index (κ1) is 8.76. The fourth-order valence-corrected chi connectivity index (χ4v) is 1.37. The third-order valence-electron chi connectivity index (χ3n) is 2.05. The molecule has 1 aliphatic rings. The van der Waals surface area contributed by atoms with E-state index in [0.29, 0.717) is 5.41 Å². The van der Waals surface area contributed by atoms with Crippen LogP contribution in [0.1, 0.15) is 40.0 Å². The predicted octanol–water partition coefficient (Wildman–Crippen LogP) is 2.90. The van der Waals surface area contributed by atoms with Gasteiger partial charge in [-0.05, 0) is 30.6 Å². The fraction of sp³-hybridized carbons (Fsp3) is 0.900. The first-order chi connectivity index (χ1) is 5.03. The van der Waals surface area contributed by atoms with Crippen molar-refractivity contribution in [2.24, 2.45) is 16.3 Å². The van der Waals surface area contributed by atoms with Gasteiger partial charge in [-0.25, -0.2) is 0 Å². The van der Waals surface area contributed by atoms with Crippen LogP contribution in [0.2, 0.25) is 0 Å². The van der Waals surface area contributed by atoms with Crippen molar-refractivity contribution in [3.63, 3.8) is 0 Å². The van der Waals surface area contributed by atoms with Gasteiger partial charge >= 0.3 is 0 Å². The maximum atomic E-state index is 4.35. The molecular weight excluding hydrogens is 134 g/mol. The van der Waals surface area contributed by atoms with Crippen LogP contribution >= 0.6 is 0 Å². The molecule has 0 aromatic carbocycles. The highest BCUT2D eigenvalue weighted by Gasteiger charge is 2.29. The zero-order valence-electron chi connectivity index (χ0n) is 8.15. The maximum absolute atomic E-state index is 4.35. The Morgan fingerprint density at radius 1 is 1.36 bits per heavy atom. The molecule has 1 heteroatoms. The molecule has 1 nitrogen and oxygen atoms in total. The third-order valence-corrected chi connectivity index (χ3v) is 2.05. The van der Waals surface area contributed by atoms with Crippen LogP contribution in [-0.4, -0.2) is 12.8 Å². The number of aliphatic imine (C=N–C) groups is 1. The Balaban J connectivity index is 2.45. The van der Waals surface area contributed by atoms with E-state index in [0.717, 1.165) is 5.92 Å². The van der Waals surface area contributed by atoms with Crippen molar-refractivity contribution >= 4 is 5.71 Å². The van der Waals surface area contributed by atoms with Gasteiger partial charge in [-0.2, -0.15) is 0 Å². The molecule has 0 radical (unpaired) electrons. The summed E-state index contributed by atoms with van der Waals surface area (Å²) < 4.78 is 0. The van der Waals surface area contributed by atoms with Crippen LogP contribution < -0.4 is 0 Å². The minimum atomic E-state index is 0.414. The largest absolute Gasteiger partial charge is 0.297 e. The molecule has 1 rings (SSSR count). The van der Waals surface area contributed by atoms with Gasteiger partial charge in [-0.1, -0.05) is 20.8 Å².